The van der Waals surface area contributed by atoms with E-state index in [1.54, 1.807) is 60.6 Å². The molecular formula is C32H41ClN6O9. The molecule has 2 rings (SSSR count). The number of rotatable bonds is 9. The normalized spacial score (nSPS) is 12.1. The van der Waals surface area contributed by atoms with Gasteiger partial charge in [-0.3, -0.25) is 19.7 Å². The van der Waals surface area contributed by atoms with Gasteiger partial charge in [0.1, 0.15) is 17.2 Å². The van der Waals surface area contributed by atoms with Crippen molar-refractivity contribution in [1.82, 2.24) is 21.3 Å². The number of halogens is 1. The van der Waals surface area contributed by atoms with Gasteiger partial charge in [-0.25, -0.2) is 14.4 Å². The van der Waals surface area contributed by atoms with Gasteiger partial charge in [0, 0.05) is 17.8 Å². The molecule has 5 amide bonds. The van der Waals surface area contributed by atoms with E-state index < -0.39 is 59.7 Å². The Balaban J connectivity index is 2.06. The number of nitrogens with zero attached hydrogens (tertiary/aromatic N) is 1. The maximum absolute atomic E-state index is 12.9. The monoisotopic (exact) mass is 688 g/mol. The second-order valence-corrected chi connectivity index (χ2v) is 12.6. The van der Waals surface area contributed by atoms with Crippen LogP contribution < -0.4 is 26.6 Å². The highest BCUT2D eigenvalue weighted by molar-refractivity contribution is 6.34. The van der Waals surface area contributed by atoms with Crippen molar-refractivity contribution in [3.63, 3.8) is 0 Å². The van der Waals surface area contributed by atoms with Crippen molar-refractivity contribution in [3.8, 4) is 0 Å². The van der Waals surface area contributed by atoms with Gasteiger partial charge in [-0.05, 0) is 78.3 Å². The number of nitrogens with one attached hydrogen (secondary N) is 5. The molecule has 0 aliphatic heterocycles. The Morgan fingerprint density at radius 1 is 0.875 bits per heavy atom. The number of hydrogen-bond acceptors (Lipinski definition) is 9. The SMILES string of the molecule is COC(=O)[C@H](CNC(=O)CNC(=O)c1cccc(N/C(=N/C(=O)OC(C)(C)C)NC(=O)OC(C)(C)C)c1)NC(=O)c1c(C)cccc1Cl. The quantitative estimate of drug-likeness (QED) is 0.112. The molecule has 0 aliphatic carbocycles. The first-order valence-corrected chi connectivity index (χ1v) is 15.0. The standard InChI is InChI=1S/C32H41ClN6O9/c1-18-11-9-14-21(33)24(18)26(42)37-22(27(43)46-8)16-34-23(40)17-35-25(41)19-12-10-13-20(15-19)36-28(38-29(44)47-31(2,3)4)39-30(45)48-32(5,6)7/h9-15,22H,16-17H2,1-8H3,(H,34,40)(H,35,41)(H,37,42)(H2,36,38,39,44,45)/t22-/m0/s1. The van der Waals surface area contributed by atoms with E-state index in [1.807, 2.05) is 0 Å². The smallest absolute Gasteiger partial charge is 0.437 e. The van der Waals surface area contributed by atoms with Gasteiger partial charge in [0.15, 0.2) is 0 Å². The number of benzene rings is 2. The van der Waals surface area contributed by atoms with Crippen molar-refractivity contribution in [1.29, 1.82) is 0 Å². The number of aliphatic imine (C=N–C) groups is 1. The average Bonchev–Trinajstić information content (AvgIpc) is 2.95. The lowest BCUT2D eigenvalue weighted by Gasteiger charge is -2.21. The second-order valence-electron chi connectivity index (χ2n) is 12.2. The van der Waals surface area contributed by atoms with E-state index in [1.165, 1.54) is 30.3 Å². The van der Waals surface area contributed by atoms with E-state index in [4.69, 9.17) is 25.8 Å². The molecule has 2 aromatic rings. The van der Waals surface area contributed by atoms with Crippen molar-refractivity contribution in [2.24, 2.45) is 4.99 Å². The molecule has 1 atom stereocenters. The van der Waals surface area contributed by atoms with Crippen molar-refractivity contribution in [2.75, 3.05) is 25.5 Å². The largest absolute Gasteiger partial charge is 0.467 e. The van der Waals surface area contributed by atoms with Crippen LogP contribution in [0.25, 0.3) is 0 Å². The Bertz CT molecular complexity index is 1540. The highest BCUT2D eigenvalue weighted by Crippen LogP contribution is 2.19. The minimum Gasteiger partial charge on any atom is -0.467 e. The summed E-state index contributed by atoms with van der Waals surface area (Å²) in [7, 11) is 1.13. The summed E-state index contributed by atoms with van der Waals surface area (Å²) in [6, 6.07) is 9.54. The summed E-state index contributed by atoms with van der Waals surface area (Å²) < 4.78 is 15.2. The number of guanidine groups is 1. The van der Waals surface area contributed by atoms with Crippen molar-refractivity contribution in [3.05, 3.63) is 64.2 Å². The Hall–Kier alpha value is -5.18. The highest BCUT2D eigenvalue weighted by Gasteiger charge is 2.25. The lowest BCUT2D eigenvalue weighted by Crippen LogP contribution is -2.50. The number of methoxy groups -OCH3 is 1. The molecule has 0 bridgehead atoms. The minimum atomic E-state index is -1.24. The van der Waals surface area contributed by atoms with Crippen LogP contribution in [0.5, 0.6) is 0 Å². The first-order valence-electron chi connectivity index (χ1n) is 14.7. The predicted molar refractivity (Wildman–Crippen MR) is 178 cm³/mol. The van der Waals surface area contributed by atoms with Crippen LogP contribution in [0.2, 0.25) is 5.02 Å². The maximum atomic E-state index is 12.9. The number of alkyl carbamates (subject to hydrolysis) is 1. The summed E-state index contributed by atoms with van der Waals surface area (Å²) in [5.74, 6) is -3.08. The summed E-state index contributed by atoms with van der Waals surface area (Å²) in [5.41, 5.74) is -0.582. The Morgan fingerprint density at radius 3 is 2.12 bits per heavy atom. The molecule has 16 heteroatoms. The van der Waals surface area contributed by atoms with Gasteiger partial charge < -0.3 is 35.5 Å². The van der Waals surface area contributed by atoms with Gasteiger partial charge in [-0.2, -0.15) is 0 Å². The zero-order valence-electron chi connectivity index (χ0n) is 28.0. The third kappa shape index (κ3) is 13.7. The minimum absolute atomic E-state index is 0.108. The molecule has 260 valence electrons. The van der Waals surface area contributed by atoms with Gasteiger partial charge >= 0.3 is 18.2 Å². The fraction of sp³-hybridized carbons (Fsp3) is 0.406. The van der Waals surface area contributed by atoms with Gasteiger partial charge in [-0.1, -0.05) is 29.8 Å². The number of aryl methyl sites for hydroxylation is 1. The van der Waals surface area contributed by atoms with Crippen LogP contribution in [0.15, 0.2) is 47.5 Å². The van der Waals surface area contributed by atoms with Gasteiger partial charge in [0.05, 0.1) is 24.2 Å². The van der Waals surface area contributed by atoms with Gasteiger partial charge in [0.25, 0.3) is 11.8 Å². The van der Waals surface area contributed by atoms with E-state index in [2.05, 4.69) is 31.6 Å². The van der Waals surface area contributed by atoms with Crippen LogP contribution >= 0.6 is 11.6 Å². The zero-order chi connectivity index (χ0) is 36.2. The number of esters is 1. The molecular weight excluding hydrogens is 648 g/mol. The maximum Gasteiger partial charge on any atom is 0.437 e. The first-order chi connectivity index (χ1) is 22.3. The Morgan fingerprint density at radius 2 is 1.52 bits per heavy atom. The molecule has 0 aliphatic rings. The number of carbonyl (C=O) groups excluding carboxylic acids is 6. The lowest BCUT2D eigenvalue weighted by atomic mass is 10.1. The first kappa shape index (κ1) is 39.0. The van der Waals surface area contributed by atoms with Gasteiger partial charge in [-0.15, -0.1) is 4.99 Å². The summed E-state index contributed by atoms with van der Waals surface area (Å²) in [6.45, 7) is 10.8. The molecule has 5 N–H and O–H groups in total. The van der Waals surface area contributed by atoms with Crippen LogP contribution in [-0.2, 0) is 23.8 Å². The van der Waals surface area contributed by atoms with Crippen LogP contribution in [0.1, 0.15) is 67.8 Å². The number of amides is 5. The molecule has 48 heavy (non-hydrogen) atoms. The van der Waals surface area contributed by atoms with Crippen molar-refractivity contribution < 1.29 is 43.0 Å². The molecule has 2 aromatic carbocycles. The number of ether oxygens (including phenoxy) is 3. The fourth-order valence-corrected chi connectivity index (χ4v) is 4.07. The zero-order valence-corrected chi connectivity index (χ0v) is 28.8. The molecule has 0 saturated heterocycles. The topological polar surface area (TPSA) is 203 Å². The molecule has 0 saturated carbocycles. The van der Waals surface area contributed by atoms with Gasteiger partial charge in [0.2, 0.25) is 11.9 Å². The molecule has 0 aromatic heterocycles. The second kappa shape index (κ2) is 17.1. The lowest BCUT2D eigenvalue weighted by molar-refractivity contribution is -0.142. The van der Waals surface area contributed by atoms with Crippen LogP contribution in [0.3, 0.4) is 0 Å². The fourth-order valence-electron chi connectivity index (χ4n) is 3.76. The molecule has 0 fully saturated rings. The molecule has 0 unspecified atom stereocenters. The summed E-state index contributed by atoms with van der Waals surface area (Å²) in [4.78, 5) is 79.0. The van der Waals surface area contributed by atoms with E-state index in [0.717, 1.165) is 7.11 Å². The van der Waals surface area contributed by atoms with E-state index >= 15 is 0 Å². The Kier molecular flexibility index (Phi) is 13.9. The number of hydrogen-bond donors (Lipinski definition) is 5. The average molecular weight is 689 g/mol. The third-order valence-corrected chi connectivity index (χ3v) is 6.07. The molecule has 0 heterocycles. The van der Waals surface area contributed by atoms with Crippen LogP contribution in [0, 0.1) is 6.92 Å². The van der Waals surface area contributed by atoms with E-state index in [9.17, 15) is 28.8 Å². The predicted octanol–water partition coefficient (Wildman–Crippen LogP) is 3.69. The van der Waals surface area contributed by atoms with E-state index in [0.29, 0.717) is 5.56 Å². The molecule has 0 radical (unpaired) electrons. The number of anilines is 1. The summed E-state index contributed by atoms with van der Waals surface area (Å²) in [6.07, 6.45) is -1.89. The van der Waals surface area contributed by atoms with E-state index in [-0.39, 0.29) is 34.3 Å². The van der Waals surface area contributed by atoms with Crippen molar-refractivity contribution in [2.45, 2.75) is 65.7 Å². The van der Waals surface area contributed by atoms with Crippen molar-refractivity contribution >= 4 is 59.1 Å². The van der Waals surface area contributed by atoms with Crippen LogP contribution in [0.4, 0.5) is 15.3 Å². The number of carbonyl (C=O) groups is 6. The van der Waals surface area contributed by atoms with Crippen LogP contribution in [-0.4, -0.2) is 79.3 Å². The molecule has 0 spiro atoms. The highest BCUT2D eigenvalue weighted by atomic mass is 35.5. The summed E-state index contributed by atoms with van der Waals surface area (Å²) in [5, 5.41) is 12.7. The Labute approximate surface area is 283 Å². The third-order valence-electron chi connectivity index (χ3n) is 5.76. The summed E-state index contributed by atoms with van der Waals surface area (Å²) >= 11 is 6.15. The molecule has 15 nitrogen and oxygen atoms in total.